The molecule has 0 unspecified atom stereocenters. The van der Waals surface area contributed by atoms with Crippen LogP contribution in [0, 0.1) is 0 Å². The molecule has 0 atom stereocenters. The van der Waals surface area contributed by atoms with E-state index in [0.717, 1.165) is 0 Å². The van der Waals surface area contributed by atoms with Crippen LogP contribution < -0.4 is 0 Å². The Morgan fingerprint density at radius 1 is 1.60 bits per heavy atom. The number of rotatable bonds is 3. The molecule has 0 aliphatic heterocycles. The summed E-state index contributed by atoms with van der Waals surface area (Å²) in [5, 5.41) is 0. The summed E-state index contributed by atoms with van der Waals surface area (Å²) < 4.78 is 29.5. The van der Waals surface area contributed by atoms with Gasteiger partial charge in [0, 0.05) is 4.47 Å². The van der Waals surface area contributed by atoms with Gasteiger partial charge in [0.25, 0.3) is 6.43 Å². The minimum absolute atomic E-state index is 0.127. The fourth-order valence-corrected chi connectivity index (χ4v) is 1.32. The molecule has 0 aromatic carbocycles. The van der Waals surface area contributed by atoms with Gasteiger partial charge in [-0.25, -0.2) is 8.78 Å². The molecule has 0 saturated heterocycles. The van der Waals surface area contributed by atoms with E-state index in [4.69, 9.17) is 0 Å². The number of hydrogen-bond donors (Lipinski definition) is 0. The number of pyridine rings is 1. The van der Waals surface area contributed by atoms with E-state index in [1.807, 2.05) is 0 Å². The number of carbonyl (C=O) groups is 1. The SMILES string of the molecule is COC(=O)Cc1nc(C(F)F)ccc1Br. The molecule has 0 radical (unpaired) electrons. The van der Waals surface area contributed by atoms with Gasteiger partial charge in [-0.15, -0.1) is 0 Å². The second-order valence-corrected chi connectivity index (χ2v) is 3.57. The summed E-state index contributed by atoms with van der Waals surface area (Å²) in [6, 6.07) is 2.64. The maximum absolute atomic E-state index is 12.3. The highest BCUT2D eigenvalue weighted by molar-refractivity contribution is 9.10. The van der Waals surface area contributed by atoms with Gasteiger partial charge in [-0.2, -0.15) is 0 Å². The molecule has 1 rings (SSSR count). The molecule has 1 aromatic rings. The number of nitrogens with zero attached hydrogens (tertiary/aromatic N) is 1. The first-order valence-electron chi connectivity index (χ1n) is 4.05. The van der Waals surface area contributed by atoms with Crippen molar-refractivity contribution in [3.63, 3.8) is 0 Å². The van der Waals surface area contributed by atoms with Crippen LogP contribution in [0.25, 0.3) is 0 Å². The Labute approximate surface area is 93.6 Å². The zero-order chi connectivity index (χ0) is 11.4. The topological polar surface area (TPSA) is 39.2 Å². The summed E-state index contributed by atoms with van der Waals surface area (Å²) in [6.45, 7) is 0. The van der Waals surface area contributed by atoms with Gasteiger partial charge in [-0.1, -0.05) is 0 Å². The maximum Gasteiger partial charge on any atom is 0.311 e. The minimum atomic E-state index is -2.64. The molecule has 1 aromatic heterocycles. The van der Waals surface area contributed by atoms with Crippen LogP contribution >= 0.6 is 15.9 Å². The van der Waals surface area contributed by atoms with Crippen LogP contribution in [0.1, 0.15) is 17.8 Å². The third kappa shape index (κ3) is 3.23. The van der Waals surface area contributed by atoms with E-state index < -0.39 is 12.4 Å². The van der Waals surface area contributed by atoms with Gasteiger partial charge in [0.05, 0.1) is 19.2 Å². The van der Waals surface area contributed by atoms with Crippen LogP contribution in [-0.2, 0) is 16.0 Å². The molecule has 0 fully saturated rings. The van der Waals surface area contributed by atoms with Crippen LogP contribution in [0.15, 0.2) is 16.6 Å². The summed E-state index contributed by atoms with van der Waals surface area (Å²) in [5.74, 6) is -0.519. The Morgan fingerprint density at radius 2 is 2.27 bits per heavy atom. The van der Waals surface area contributed by atoms with Crippen molar-refractivity contribution in [3.8, 4) is 0 Å². The number of halogens is 3. The molecule has 82 valence electrons. The molecule has 3 nitrogen and oxygen atoms in total. The van der Waals surface area contributed by atoms with Crippen LogP contribution in [0.3, 0.4) is 0 Å². The summed E-state index contributed by atoms with van der Waals surface area (Å²) >= 11 is 3.12. The fraction of sp³-hybridized carbons (Fsp3) is 0.333. The first kappa shape index (κ1) is 12.0. The number of ether oxygens (including phenoxy) is 1. The number of hydrogen-bond acceptors (Lipinski definition) is 3. The number of aromatic nitrogens is 1. The maximum atomic E-state index is 12.3. The quantitative estimate of drug-likeness (QED) is 0.798. The molecule has 0 bridgehead atoms. The first-order valence-corrected chi connectivity index (χ1v) is 4.84. The molecule has 0 N–H and O–H groups in total. The molecule has 6 heteroatoms. The second kappa shape index (κ2) is 5.16. The number of alkyl halides is 2. The van der Waals surface area contributed by atoms with Gasteiger partial charge in [0.2, 0.25) is 0 Å². The largest absolute Gasteiger partial charge is 0.469 e. The third-order valence-electron chi connectivity index (χ3n) is 1.70. The molecule has 0 spiro atoms. The molecule has 15 heavy (non-hydrogen) atoms. The number of carbonyl (C=O) groups excluding carboxylic acids is 1. The van der Waals surface area contributed by atoms with E-state index >= 15 is 0 Å². The zero-order valence-electron chi connectivity index (χ0n) is 7.84. The zero-order valence-corrected chi connectivity index (χ0v) is 9.42. The predicted octanol–water partition coefficient (Wildman–Crippen LogP) is 2.50. The Hall–Kier alpha value is -1.04. The first-order chi connectivity index (χ1) is 7.04. The van der Waals surface area contributed by atoms with E-state index in [-0.39, 0.29) is 17.8 Å². The van der Waals surface area contributed by atoms with E-state index in [9.17, 15) is 13.6 Å². The molecule has 0 amide bonds. The second-order valence-electron chi connectivity index (χ2n) is 2.72. The average Bonchev–Trinajstić information content (AvgIpc) is 2.20. The summed E-state index contributed by atoms with van der Waals surface area (Å²) in [4.78, 5) is 14.6. The monoisotopic (exact) mass is 279 g/mol. The van der Waals surface area contributed by atoms with Crippen molar-refractivity contribution in [2.75, 3.05) is 7.11 Å². The molecular formula is C9H8BrF2NO2. The van der Waals surface area contributed by atoms with E-state index in [2.05, 4.69) is 25.7 Å². The number of esters is 1. The molecule has 0 aliphatic carbocycles. The fourth-order valence-electron chi connectivity index (χ4n) is 0.956. The van der Waals surface area contributed by atoms with E-state index in [0.29, 0.717) is 4.47 Å². The summed E-state index contributed by atoms with van der Waals surface area (Å²) in [5.41, 5.74) is -0.100. The van der Waals surface area contributed by atoms with E-state index in [1.165, 1.54) is 19.2 Å². The van der Waals surface area contributed by atoms with Crippen molar-refractivity contribution >= 4 is 21.9 Å². The van der Waals surface area contributed by atoms with Gasteiger partial charge in [0.1, 0.15) is 5.69 Å². The molecular weight excluding hydrogens is 272 g/mol. The van der Waals surface area contributed by atoms with Gasteiger partial charge >= 0.3 is 5.97 Å². The minimum Gasteiger partial charge on any atom is -0.469 e. The Morgan fingerprint density at radius 3 is 2.80 bits per heavy atom. The molecule has 0 saturated carbocycles. The highest BCUT2D eigenvalue weighted by atomic mass is 79.9. The van der Waals surface area contributed by atoms with Crippen molar-refractivity contribution in [1.82, 2.24) is 4.98 Å². The summed E-state index contributed by atoms with van der Waals surface area (Å²) in [6.07, 6.45) is -2.77. The van der Waals surface area contributed by atoms with Gasteiger partial charge in [0.15, 0.2) is 0 Å². The predicted molar refractivity (Wildman–Crippen MR) is 52.6 cm³/mol. The van der Waals surface area contributed by atoms with Crippen molar-refractivity contribution in [2.24, 2.45) is 0 Å². The van der Waals surface area contributed by atoms with Crippen LogP contribution in [0.5, 0.6) is 0 Å². The van der Waals surface area contributed by atoms with Crippen LogP contribution in [0.2, 0.25) is 0 Å². The van der Waals surface area contributed by atoms with Gasteiger partial charge in [-0.05, 0) is 28.1 Å². The molecule has 0 aliphatic rings. The highest BCUT2D eigenvalue weighted by Crippen LogP contribution is 2.21. The van der Waals surface area contributed by atoms with Crippen molar-refractivity contribution in [1.29, 1.82) is 0 Å². The normalized spacial score (nSPS) is 10.5. The van der Waals surface area contributed by atoms with Crippen molar-refractivity contribution in [2.45, 2.75) is 12.8 Å². The lowest BCUT2D eigenvalue weighted by atomic mass is 10.2. The van der Waals surface area contributed by atoms with E-state index in [1.54, 1.807) is 0 Å². The van der Waals surface area contributed by atoms with Gasteiger partial charge in [-0.3, -0.25) is 9.78 Å². The summed E-state index contributed by atoms with van der Waals surface area (Å²) in [7, 11) is 1.23. The lowest BCUT2D eigenvalue weighted by Gasteiger charge is -2.05. The average molecular weight is 280 g/mol. The Bertz CT molecular complexity index is 371. The standard InChI is InChI=1S/C9H8BrF2NO2/c1-15-8(14)4-7-5(10)2-3-6(13-7)9(11)12/h2-3,9H,4H2,1H3. The Balaban J connectivity index is 2.95. The number of methoxy groups -OCH3 is 1. The van der Waals surface area contributed by atoms with Crippen LogP contribution in [0.4, 0.5) is 8.78 Å². The third-order valence-corrected chi connectivity index (χ3v) is 2.43. The smallest absolute Gasteiger partial charge is 0.311 e. The highest BCUT2D eigenvalue weighted by Gasteiger charge is 2.14. The van der Waals surface area contributed by atoms with Crippen molar-refractivity contribution in [3.05, 3.63) is 28.0 Å². The lowest BCUT2D eigenvalue weighted by Crippen LogP contribution is -2.08. The molecule has 1 heterocycles. The lowest BCUT2D eigenvalue weighted by molar-refractivity contribution is -0.139. The van der Waals surface area contributed by atoms with Gasteiger partial charge < -0.3 is 4.74 Å². The van der Waals surface area contributed by atoms with Crippen LogP contribution in [-0.4, -0.2) is 18.1 Å². The van der Waals surface area contributed by atoms with Crippen molar-refractivity contribution < 1.29 is 18.3 Å². The Kier molecular flexibility index (Phi) is 4.14.